The molecule has 0 aliphatic carbocycles. The number of benzene rings is 2. The second kappa shape index (κ2) is 6.29. The summed E-state index contributed by atoms with van der Waals surface area (Å²) < 4.78 is 13.4. The lowest BCUT2D eigenvalue weighted by molar-refractivity contribution is 0.395. The van der Waals surface area contributed by atoms with E-state index < -0.39 is 0 Å². The van der Waals surface area contributed by atoms with Gasteiger partial charge in [-0.15, -0.1) is 0 Å². The first kappa shape index (κ1) is 17.7. The van der Waals surface area contributed by atoms with Crippen molar-refractivity contribution in [1.82, 2.24) is 0 Å². The van der Waals surface area contributed by atoms with Gasteiger partial charge in [0.2, 0.25) is 0 Å². The number of anilines is 1. The van der Waals surface area contributed by atoms with Crippen LogP contribution in [0.2, 0.25) is 0 Å². The first-order valence-corrected chi connectivity index (χ1v) is 8.87. The number of hydrogen-bond donors (Lipinski definition) is 0. The second-order valence-electron chi connectivity index (χ2n) is 7.94. The highest BCUT2D eigenvalue weighted by atomic mass is 19.1. The maximum absolute atomic E-state index is 13.4. The monoisotopic (exact) mass is 338 g/mol. The minimum Gasteiger partial charge on any atom is -0.369 e. The minimum absolute atomic E-state index is 0.167. The highest BCUT2D eigenvalue weighted by Crippen LogP contribution is 2.43. The van der Waals surface area contributed by atoms with Crippen molar-refractivity contribution in [3.05, 3.63) is 58.4 Å². The lowest BCUT2D eigenvalue weighted by Crippen LogP contribution is -2.45. The molecule has 0 aromatic heterocycles. The fourth-order valence-corrected chi connectivity index (χ4v) is 3.73. The fourth-order valence-electron chi connectivity index (χ4n) is 3.73. The highest BCUT2D eigenvalue weighted by Gasteiger charge is 2.34. The molecule has 0 saturated heterocycles. The van der Waals surface area contributed by atoms with Gasteiger partial charge < -0.3 is 4.90 Å². The molecule has 2 nitrogen and oxygen atoms in total. The smallest absolute Gasteiger partial charge is 0.126 e. The average molecular weight is 338 g/mol. The minimum atomic E-state index is -0.191. The lowest BCUT2D eigenvalue weighted by atomic mass is 9.79. The van der Waals surface area contributed by atoms with E-state index in [4.69, 9.17) is 0 Å². The van der Waals surface area contributed by atoms with Gasteiger partial charge in [-0.3, -0.25) is 4.99 Å². The Kier molecular flexibility index (Phi) is 4.44. The van der Waals surface area contributed by atoms with Crippen LogP contribution in [0.4, 0.5) is 15.8 Å². The summed E-state index contributed by atoms with van der Waals surface area (Å²) in [5.41, 5.74) is 6.59. The second-order valence-corrected chi connectivity index (χ2v) is 7.94. The van der Waals surface area contributed by atoms with Crippen molar-refractivity contribution in [1.29, 1.82) is 0 Å². The van der Waals surface area contributed by atoms with Crippen LogP contribution in [-0.4, -0.2) is 18.8 Å². The summed E-state index contributed by atoms with van der Waals surface area (Å²) in [7, 11) is 2.18. The third-order valence-electron chi connectivity index (χ3n) is 5.52. The van der Waals surface area contributed by atoms with E-state index in [0.29, 0.717) is 11.5 Å². The summed E-state index contributed by atoms with van der Waals surface area (Å²) in [6.07, 6.45) is 3.03. The Bertz CT molecular complexity index is 836. The SMILES string of the molecule is Cc1cc(N=Cc2cc3c(cc2C)N(C)C(C)(C)CC3C)ccc1F. The number of nitrogens with zero attached hydrogens (tertiary/aromatic N) is 2. The molecule has 132 valence electrons. The molecule has 3 rings (SSSR count). The van der Waals surface area contributed by atoms with E-state index >= 15 is 0 Å². The highest BCUT2D eigenvalue weighted by molar-refractivity contribution is 5.86. The fraction of sp³-hybridized carbons (Fsp3) is 0.409. The Morgan fingerprint density at radius 3 is 2.56 bits per heavy atom. The van der Waals surface area contributed by atoms with Gasteiger partial charge in [-0.2, -0.15) is 0 Å². The molecule has 1 aliphatic rings. The van der Waals surface area contributed by atoms with Gasteiger partial charge in [-0.1, -0.05) is 6.92 Å². The number of aryl methyl sites for hydroxylation is 2. The molecule has 0 bridgehead atoms. The Balaban J connectivity index is 1.98. The van der Waals surface area contributed by atoms with Gasteiger partial charge >= 0.3 is 0 Å². The summed E-state index contributed by atoms with van der Waals surface area (Å²) in [6, 6.07) is 9.50. The summed E-state index contributed by atoms with van der Waals surface area (Å²) in [5, 5.41) is 0. The third-order valence-corrected chi connectivity index (χ3v) is 5.52. The molecule has 1 unspecified atom stereocenters. The zero-order valence-electron chi connectivity index (χ0n) is 16.0. The average Bonchev–Trinajstić information content (AvgIpc) is 2.54. The van der Waals surface area contributed by atoms with Gasteiger partial charge in [-0.05, 0) is 92.6 Å². The van der Waals surface area contributed by atoms with Crippen LogP contribution in [0.3, 0.4) is 0 Å². The Hall–Kier alpha value is -2.16. The van der Waals surface area contributed by atoms with Gasteiger partial charge in [-0.25, -0.2) is 4.39 Å². The van der Waals surface area contributed by atoms with Crippen LogP contribution in [0.5, 0.6) is 0 Å². The van der Waals surface area contributed by atoms with Gasteiger partial charge in [0.25, 0.3) is 0 Å². The van der Waals surface area contributed by atoms with Crippen molar-refractivity contribution < 1.29 is 4.39 Å². The number of halogens is 1. The van der Waals surface area contributed by atoms with Crippen LogP contribution >= 0.6 is 0 Å². The first-order valence-electron chi connectivity index (χ1n) is 8.87. The largest absolute Gasteiger partial charge is 0.369 e. The van der Waals surface area contributed by atoms with Crippen molar-refractivity contribution >= 4 is 17.6 Å². The Labute approximate surface area is 150 Å². The summed E-state index contributed by atoms with van der Waals surface area (Å²) in [6.45, 7) is 10.8. The first-order chi connectivity index (χ1) is 11.7. The normalized spacial score (nSPS) is 19.3. The molecule has 0 saturated carbocycles. The quantitative estimate of drug-likeness (QED) is 0.621. The summed E-state index contributed by atoms with van der Waals surface area (Å²) >= 11 is 0. The molecule has 3 heteroatoms. The number of aliphatic imine (C=N–C) groups is 1. The molecule has 0 radical (unpaired) electrons. The molecule has 0 spiro atoms. The molecule has 0 N–H and O–H groups in total. The van der Waals surface area contributed by atoms with Crippen LogP contribution in [0.15, 0.2) is 35.3 Å². The van der Waals surface area contributed by atoms with Gasteiger partial charge in [0.15, 0.2) is 0 Å². The van der Waals surface area contributed by atoms with Crippen LogP contribution < -0.4 is 4.90 Å². The lowest BCUT2D eigenvalue weighted by Gasteiger charge is -2.45. The number of rotatable bonds is 2. The molecule has 0 fully saturated rings. The standard InChI is InChI=1S/C22H27FN2/c1-14-10-21-19(16(3)12-22(4,5)25(21)6)11-17(14)13-24-18-7-8-20(23)15(2)9-18/h7-11,13,16H,12H2,1-6H3. The number of hydrogen-bond acceptors (Lipinski definition) is 2. The van der Waals surface area contributed by atoms with Crippen molar-refractivity contribution in [3.63, 3.8) is 0 Å². The van der Waals surface area contributed by atoms with Crippen molar-refractivity contribution in [3.8, 4) is 0 Å². The topological polar surface area (TPSA) is 15.6 Å². The molecule has 1 heterocycles. The molecule has 2 aromatic rings. The zero-order valence-corrected chi connectivity index (χ0v) is 16.0. The number of fused-ring (bicyclic) bond motifs is 1. The molecule has 25 heavy (non-hydrogen) atoms. The molecule has 2 aromatic carbocycles. The maximum atomic E-state index is 13.4. The van der Waals surface area contributed by atoms with Crippen molar-refractivity contribution in [2.45, 2.75) is 52.5 Å². The Morgan fingerprint density at radius 1 is 1.16 bits per heavy atom. The van der Waals surface area contributed by atoms with Crippen molar-refractivity contribution in [2.24, 2.45) is 4.99 Å². The van der Waals surface area contributed by atoms with Gasteiger partial charge in [0.05, 0.1) is 5.69 Å². The molecule has 1 atom stereocenters. The van der Waals surface area contributed by atoms with E-state index in [1.807, 2.05) is 6.21 Å². The summed E-state index contributed by atoms with van der Waals surface area (Å²) in [4.78, 5) is 6.94. The van der Waals surface area contributed by atoms with Crippen LogP contribution in [-0.2, 0) is 0 Å². The predicted octanol–water partition coefficient (Wildman–Crippen LogP) is 5.92. The van der Waals surface area contributed by atoms with Crippen LogP contribution in [0.25, 0.3) is 0 Å². The molecular weight excluding hydrogens is 311 g/mol. The molecular formula is C22H27FN2. The molecule has 0 amide bonds. The van der Waals surface area contributed by atoms with E-state index in [1.54, 1.807) is 19.1 Å². The Morgan fingerprint density at radius 2 is 1.88 bits per heavy atom. The maximum Gasteiger partial charge on any atom is 0.126 e. The summed E-state index contributed by atoms with van der Waals surface area (Å²) in [5.74, 6) is 0.324. The van der Waals surface area contributed by atoms with Crippen LogP contribution in [0.1, 0.15) is 55.4 Å². The van der Waals surface area contributed by atoms with E-state index in [1.165, 1.54) is 22.9 Å². The van der Waals surface area contributed by atoms with E-state index in [2.05, 4.69) is 56.8 Å². The van der Waals surface area contributed by atoms with E-state index in [9.17, 15) is 4.39 Å². The molecule has 1 aliphatic heterocycles. The van der Waals surface area contributed by atoms with E-state index in [-0.39, 0.29) is 11.4 Å². The zero-order chi connectivity index (χ0) is 18.4. The van der Waals surface area contributed by atoms with Gasteiger partial charge in [0, 0.05) is 24.5 Å². The van der Waals surface area contributed by atoms with Crippen molar-refractivity contribution in [2.75, 3.05) is 11.9 Å². The van der Waals surface area contributed by atoms with Crippen LogP contribution in [0, 0.1) is 19.7 Å². The van der Waals surface area contributed by atoms with E-state index in [0.717, 1.165) is 17.7 Å². The predicted molar refractivity (Wildman–Crippen MR) is 105 cm³/mol. The van der Waals surface area contributed by atoms with Gasteiger partial charge in [0.1, 0.15) is 5.82 Å². The third kappa shape index (κ3) is 3.33.